The van der Waals surface area contributed by atoms with Crippen LogP contribution in [0.4, 0.5) is 0 Å². The van der Waals surface area contributed by atoms with Gasteiger partial charge in [-0.05, 0) is 19.3 Å². The van der Waals surface area contributed by atoms with Crippen LogP contribution in [-0.4, -0.2) is 12.6 Å². The number of unbranched alkanes of at least 4 members (excludes halogenated alkanes) is 15. The van der Waals surface area contributed by atoms with Crippen molar-refractivity contribution in [2.45, 2.75) is 149 Å². The van der Waals surface area contributed by atoms with Crippen LogP contribution in [0.2, 0.25) is 0 Å². The van der Waals surface area contributed by atoms with Crippen LogP contribution in [-0.2, 0) is 9.53 Å². The van der Waals surface area contributed by atoms with Gasteiger partial charge in [-0.2, -0.15) is 0 Å². The highest BCUT2D eigenvalue weighted by molar-refractivity contribution is 5.72. The highest BCUT2D eigenvalue weighted by atomic mass is 16.5. The molecule has 2 nitrogen and oxygen atoms in total. The van der Waals surface area contributed by atoms with E-state index in [1.807, 2.05) is 0 Å². The first-order valence-electron chi connectivity index (χ1n) is 12.9. The molecule has 1 unspecified atom stereocenters. The molecule has 1 atom stereocenters. The molecule has 0 saturated carbocycles. The summed E-state index contributed by atoms with van der Waals surface area (Å²) in [4.78, 5) is 12.5. The summed E-state index contributed by atoms with van der Waals surface area (Å²) in [5, 5.41) is 0. The second-order valence-electron chi connectivity index (χ2n) is 8.75. The van der Waals surface area contributed by atoms with E-state index in [0.29, 0.717) is 6.61 Å². The molecule has 0 bridgehead atoms. The molecule has 0 aliphatic rings. The first-order valence-corrected chi connectivity index (χ1v) is 12.9. The average Bonchev–Trinajstić information content (AvgIpc) is 2.70. The van der Waals surface area contributed by atoms with Crippen molar-refractivity contribution in [1.82, 2.24) is 0 Å². The van der Waals surface area contributed by atoms with Gasteiger partial charge < -0.3 is 4.74 Å². The van der Waals surface area contributed by atoms with Crippen molar-refractivity contribution in [2.75, 3.05) is 6.61 Å². The van der Waals surface area contributed by atoms with Crippen molar-refractivity contribution >= 4 is 5.97 Å². The van der Waals surface area contributed by atoms with E-state index in [-0.39, 0.29) is 11.9 Å². The number of esters is 1. The Morgan fingerprint density at radius 3 is 1.43 bits per heavy atom. The lowest BCUT2D eigenvalue weighted by atomic mass is 9.95. The maximum Gasteiger partial charge on any atom is 0.308 e. The fraction of sp³-hybridized carbons (Fsp3) is 0.962. The quantitative estimate of drug-likeness (QED) is 0.135. The molecule has 0 saturated heterocycles. The number of carbonyl (C=O) groups excluding carboxylic acids is 1. The predicted molar refractivity (Wildman–Crippen MR) is 124 cm³/mol. The SMILES string of the molecule is CCCCCCCCCCCCC(CCCC)C(=O)OCCCCCCCC. The standard InChI is InChI=1S/C26H52O2/c1-4-7-10-12-14-15-16-17-18-20-23-25(22-9-6-3)26(27)28-24-21-19-13-11-8-5-2/h25H,4-24H2,1-3H3. The Hall–Kier alpha value is -0.530. The summed E-state index contributed by atoms with van der Waals surface area (Å²) >= 11 is 0. The van der Waals surface area contributed by atoms with Crippen molar-refractivity contribution in [2.24, 2.45) is 5.92 Å². The molecule has 2 heteroatoms. The average molecular weight is 397 g/mol. The van der Waals surface area contributed by atoms with Gasteiger partial charge in [0.15, 0.2) is 0 Å². The van der Waals surface area contributed by atoms with E-state index >= 15 is 0 Å². The van der Waals surface area contributed by atoms with Crippen molar-refractivity contribution in [3.05, 3.63) is 0 Å². The Balaban J connectivity index is 3.74. The number of hydrogen-bond acceptors (Lipinski definition) is 2. The third-order valence-electron chi connectivity index (χ3n) is 5.89. The predicted octanol–water partition coefficient (Wildman–Crippen LogP) is 9.01. The van der Waals surface area contributed by atoms with Crippen molar-refractivity contribution in [1.29, 1.82) is 0 Å². The van der Waals surface area contributed by atoms with Gasteiger partial charge in [0, 0.05) is 0 Å². The van der Waals surface area contributed by atoms with Crippen molar-refractivity contribution in [3.63, 3.8) is 0 Å². The van der Waals surface area contributed by atoms with E-state index in [0.717, 1.165) is 25.7 Å². The second kappa shape index (κ2) is 22.8. The van der Waals surface area contributed by atoms with Crippen LogP contribution in [0.1, 0.15) is 149 Å². The Bertz CT molecular complexity index is 314. The minimum absolute atomic E-state index is 0.0814. The smallest absolute Gasteiger partial charge is 0.308 e. The molecule has 0 aromatic carbocycles. The van der Waals surface area contributed by atoms with E-state index < -0.39 is 0 Å². The van der Waals surface area contributed by atoms with Crippen LogP contribution in [0.15, 0.2) is 0 Å². The molecular weight excluding hydrogens is 344 g/mol. The van der Waals surface area contributed by atoms with Crippen LogP contribution < -0.4 is 0 Å². The summed E-state index contributed by atoms with van der Waals surface area (Å²) in [6, 6.07) is 0. The fourth-order valence-electron chi connectivity index (χ4n) is 3.88. The molecule has 0 aliphatic heterocycles. The number of ether oxygens (including phenoxy) is 1. The fourth-order valence-corrected chi connectivity index (χ4v) is 3.88. The Labute approximate surface area is 177 Å². The topological polar surface area (TPSA) is 26.3 Å². The van der Waals surface area contributed by atoms with Gasteiger partial charge >= 0.3 is 5.97 Å². The normalized spacial score (nSPS) is 12.2. The van der Waals surface area contributed by atoms with Crippen LogP contribution in [0, 0.1) is 5.92 Å². The van der Waals surface area contributed by atoms with Crippen molar-refractivity contribution < 1.29 is 9.53 Å². The monoisotopic (exact) mass is 396 g/mol. The van der Waals surface area contributed by atoms with Crippen LogP contribution >= 0.6 is 0 Å². The molecule has 0 spiro atoms. The third-order valence-corrected chi connectivity index (χ3v) is 5.89. The highest BCUT2D eigenvalue weighted by Gasteiger charge is 2.18. The lowest BCUT2D eigenvalue weighted by molar-refractivity contribution is -0.149. The van der Waals surface area contributed by atoms with E-state index in [4.69, 9.17) is 4.74 Å². The van der Waals surface area contributed by atoms with Crippen LogP contribution in [0.5, 0.6) is 0 Å². The van der Waals surface area contributed by atoms with Crippen LogP contribution in [0.3, 0.4) is 0 Å². The zero-order valence-corrected chi connectivity index (χ0v) is 19.7. The van der Waals surface area contributed by atoms with Gasteiger partial charge in [0.25, 0.3) is 0 Å². The molecule has 0 amide bonds. The zero-order valence-electron chi connectivity index (χ0n) is 19.7. The van der Waals surface area contributed by atoms with Gasteiger partial charge in [0.05, 0.1) is 12.5 Å². The van der Waals surface area contributed by atoms with Gasteiger partial charge in [-0.15, -0.1) is 0 Å². The first kappa shape index (κ1) is 27.5. The molecule has 0 heterocycles. The van der Waals surface area contributed by atoms with E-state index in [1.165, 1.54) is 103 Å². The molecule has 0 aromatic heterocycles. The van der Waals surface area contributed by atoms with Crippen molar-refractivity contribution in [3.8, 4) is 0 Å². The van der Waals surface area contributed by atoms with Gasteiger partial charge in [-0.1, -0.05) is 130 Å². The maximum atomic E-state index is 12.5. The van der Waals surface area contributed by atoms with Gasteiger partial charge in [-0.25, -0.2) is 0 Å². The molecule has 168 valence electrons. The summed E-state index contributed by atoms with van der Waals surface area (Å²) in [7, 11) is 0. The number of carbonyl (C=O) groups is 1. The summed E-state index contributed by atoms with van der Waals surface area (Å²) in [6.45, 7) is 7.36. The van der Waals surface area contributed by atoms with E-state index in [1.54, 1.807) is 0 Å². The van der Waals surface area contributed by atoms with Gasteiger partial charge in [0.2, 0.25) is 0 Å². The first-order chi connectivity index (χ1) is 13.8. The molecule has 0 N–H and O–H groups in total. The van der Waals surface area contributed by atoms with Gasteiger partial charge in [-0.3, -0.25) is 4.79 Å². The Morgan fingerprint density at radius 1 is 0.536 bits per heavy atom. The lowest BCUT2D eigenvalue weighted by Crippen LogP contribution is -2.18. The minimum Gasteiger partial charge on any atom is -0.465 e. The second-order valence-corrected chi connectivity index (χ2v) is 8.75. The summed E-state index contributed by atoms with van der Waals surface area (Å²) in [5.41, 5.74) is 0. The largest absolute Gasteiger partial charge is 0.465 e. The summed E-state index contributed by atoms with van der Waals surface area (Å²) in [6.07, 6.45) is 25.3. The molecular formula is C26H52O2. The number of rotatable bonds is 22. The molecule has 28 heavy (non-hydrogen) atoms. The van der Waals surface area contributed by atoms with Crippen LogP contribution in [0.25, 0.3) is 0 Å². The lowest BCUT2D eigenvalue weighted by Gasteiger charge is -2.16. The molecule has 0 aromatic rings. The van der Waals surface area contributed by atoms with E-state index in [9.17, 15) is 4.79 Å². The summed E-state index contributed by atoms with van der Waals surface area (Å²) < 4.78 is 5.61. The molecule has 0 aliphatic carbocycles. The maximum absolute atomic E-state index is 12.5. The molecule has 0 fully saturated rings. The van der Waals surface area contributed by atoms with E-state index in [2.05, 4.69) is 20.8 Å². The van der Waals surface area contributed by atoms with Gasteiger partial charge in [0.1, 0.15) is 0 Å². The molecule has 0 radical (unpaired) electrons. The Morgan fingerprint density at radius 2 is 0.929 bits per heavy atom. The zero-order chi connectivity index (χ0) is 20.7. The summed E-state index contributed by atoms with van der Waals surface area (Å²) in [5.74, 6) is 0.229. The Kier molecular flexibility index (Phi) is 22.3. The minimum atomic E-state index is 0.0814. The highest BCUT2D eigenvalue weighted by Crippen LogP contribution is 2.20. The molecule has 0 rings (SSSR count). The third kappa shape index (κ3) is 18.8. The number of hydrogen-bond donors (Lipinski definition) is 0.